The van der Waals surface area contributed by atoms with Crippen molar-refractivity contribution in [1.29, 1.82) is 0 Å². The van der Waals surface area contributed by atoms with Crippen molar-refractivity contribution in [3.05, 3.63) is 78.4 Å². The van der Waals surface area contributed by atoms with Gasteiger partial charge in [-0.2, -0.15) is 8.42 Å². The average molecular weight is 747 g/mol. The van der Waals surface area contributed by atoms with E-state index in [1.807, 2.05) is 36.6 Å². The molecule has 0 radical (unpaired) electrons. The second-order valence-electron chi connectivity index (χ2n) is 12.3. The van der Waals surface area contributed by atoms with E-state index in [9.17, 15) is 26.4 Å². The minimum Gasteiger partial charge on any atom is -0.483 e. The SMILES string of the molecule is CCCCC1(CCCC)CN(c2ccccc2)c2cc(SC)c(OCC(=O)NC(C(=O)NCCS(=O)(=O)O)c3ccccc3)cc2S(=O)(=O)N1. The minimum atomic E-state index is -4.31. The number of anilines is 2. The summed E-state index contributed by atoms with van der Waals surface area (Å²) in [4.78, 5) is 28.9. The Bertz CT molecular complexity index is 1820. The number of fused-ring (bicyclic) bond motifs is 1. The molecule has 4 rings (SSSR count). The van der Waals surface area contributed by atoms with Gasteiger partial charge >= 0.3 is 0 Å². The molecular weight excluding hydrogens is 701 g/mol. The van der Waals surface area contributed by atoms with Gasteiger partial charge in [0.2, 0.25) is 15.9 Å². The smallest absolute Gasteiger partial charge is 0.266 e. The number of ether oxygens (including phenoxy) is 1. The lowest BCUT2D eigenvalue weighted by molar-refractivity contribution is -0.130. The van der Waals surface area contributed by atoms with Crippen molar-refractivity contribution in [2.45, 2.75) is 73.7 Å². The Hall–Kier alpha value is -3.63. The van der Waals surface area contributed by atoms with Crippen LogP contribution in [0.15, 0.2) is 82.6 Å². The van der Waals surface area contributed by atoms with Crippen LogP contribution in [0.4, 0.5) is 11.4 Å². The van der Waals surface area contributed by atoms with E-state index in [1.165, 1.54) is 17.8 Å². The molecule has 1 aliphatic rings. The molecule has 0 spiro atoms. The zero-order valence-corrected chi connectivity index (χ0v) is 31.0. The lowest BCUT2D eigenvalue weighted by Gasteiger charge is -2.37. The largest absolute Gasteiger partial charge is 0.483 e. The van der Waals surface area contributed by atoms with Crippen molar-refractivity contribution in [1.82, 2.24) is 15.4 Å². The molecule has 1 unspecified atom stereocenters. The van der Waals surface area contributed by atoms with E-state index >= 15 is 0 Å². The summed E-state index contributed by atoms with van der Waals surface area (Å²) < 4.78 is 68.9. The fraction of sp³-hybridized carbons (Fsp3) is 0.429. The molecule has 15 heteroatoms. The van der Waals surface area contributed by atoms with Crippen molar-refractivity contribution >= 4 is 55.1 Å². The van der Waals surface area contributed by atoms with Crippen molar-refractivity contribution in [3.8, 4) is 5.75 Å². The van der Waals surface area contributed by atoms with Gasteiger partial charge in [-0.25, -0.2) is 13.1 Å². The lowest BCUT2D eigenvalue weighted by Crippen LogP contribution is -2.53. The van der Waals surface area contributed by atoms with Crippen LogP contribution < -0.4 is 25.0 Å². The molecule has 1 atom stereocenters. The van der Waals surface area contributed by atoms with Crippen molar-refractivity contribution < 1.29 is 35.7 Å². The van der Waals surface area contributed by atoms with Crippen LogP contribution >= 0.6 is 11.8 Å². The zero-order valence-electron chi connectivity index (χ0n) is 28.6. The van der Waals surface area contributed by atoms with E-state index in [0.29, 0.717) is 35.5 Å². The molecule has 1 aliphatic heterocycles. The molecule has 0 bridgehead atoms. The Morgan fingerprint density at radius 2 is 1.64 bits per heavy atom. The number of sulfonamides is 1. The first kappa shape index (κ1) is 39.2. The first-order chi connectivity index (χ1) is 23.8. The monoisotopic (exact) mass is 746 g/mol. The van der Waals surface area contributed by atoms with Crippen molar-refractivity contribution in [2.24, 2.45) is 0 Å². The summed E-state index contributed by atoms with van der Waals surface area (Å²) in [6.07, 6.45) is 6.72. The first-order valence-electron chi connectivity index (χ1n) is 16.6. The number of para-hydroxylation sites is 1. The maximum Gasteiger partial charge on any atom is 0.266 e. The Kier molecular flexibility index (Phi) is 13.7. The van der Waals surface area contributed by atoms with E-state index in [2.05, 4.69) is 34.1 Å². The predicted octanol–water partition coefficient (Wildman–Crippen LogP) is 5.20. The third-order valence-electron chi connectivity index (χ3n) is 8.44. The van der Waals surface area contributed by atoms with Gasteiger partial charge in [0.05, 0.1) is 21.9 Å². The maximum atomic E-state index is 14.3. The quantitative estimate of drug-likeness (QED) is 0.106. The molecule has 0 saturated heterocycles. The van der Waals surface area contributed by atoms with Gasteiger partial charge in [0.1, 0.15) is 16.7 Å². The van der Waals surface area contributed by atoms with Gasteiger partial charge < -0.3 is 20.3 Å². The fourth-order valence-corrected chi connectivity index (χ4v) is 8.50. The fourth-order valence-electron chi connectivity index (χ4n) is 5.94. The van der Waals surface area contributed by atoms with Crippen LogP contribution in [0, 0.1) is 0 Å². The number of nitrogens with one attached hydrogen (secondary N) is 3. The summed E-state index contributed by atoms with van der Waals surface area (Å²) in [5, 5.41) is 5.04. The van der Waals surface area contributed by atoms with Crippen molar-refractivity contribution in [3.63, 3.8) is 0 Å². The maximum absolute atomic E-state index is 14.3. The number of nitrogens with zero attached hydrogens (tertiary/aromatic N) is 1. The Morgan fingerprint density at radius 1 is 1.02 bits per heavy atom. The molecule has 3 aromatic carbocycles. The van der Waals surface area contributed by atoms with Crippen LogP contribution in [-0.4, -0.2) is 70.4 Å². The van der Waals surface area contributed by atoms with Gasteiger partial charge in [-0.1, -0.05) is 88.1 Å². The standard InChI is InChI=1S/C35H46N4O8S3/c1-4-6-18-35(19-7-5-2)25-39(27-16-12-9-13-17-27)28-22-30(48-3)29(23-31(28)50(45,46)38-35)47-24-32(40)37-33(26-14-10-8-11-15-26)34(41)36-20-21-49(42,43)44/h8-17,22-23,33,38H,4-7,18-21,24-25H2,1-3H3,(H,36,41)(H,37,40)(H,42,43,44). The van der Waals surface area contributed by atoms with Crippen molar-refractivity contribution in [2.75, 3.05) is 36.6 Å². The number of benzene rings is 3. The molecule has 0 aromatic heterocycles. The average Bonchev–Trinajstić information content (AvgIpc) is 3.19. The molecule has 1 heterocycles. The molecule has 3 aromatic rings. The predicted molar refractivity (Wildman–Crippen MR) is 196 cm³/mol. The summed E-state index contributed by atoms with van der Waals surface area (Å²) in [6, 6.07) is 20.1. The Labute approximate surface area is 299 Å². The van der Waals surface area contributed by atoms with E-state index in [4.69, 9.17) is 9.29 Å². The number of amides is 2. The van der Waals surface area contributed by atoms with Crippen LogP contribution in [0.2, 0.25) is 0 Å². The van der Waals surface area contributed by atoms with Crippen LogP contribution in [0.5, 0.6) is 5.75 Å². The number of carbonyl (C=O) groups is 2. The first-order valence-corrected chi connectivity index (χ1v) is 20.9. The molecule has 272 valence electrons. The molecule has 4 N–H and O–H groups in total. The normalized spacial score (nSPS) is 15.7. The number of rotatable bonds is 17. The number of hydrogen-bond donors (Lipinski definition) is 4. The Morgan fingerprint density at radius 3 is 2.22 bits per heavy atom. The summed E-state index contributed by atoms with van der Waals surface area (Å²) >= 11 is 1.35. The summed E-state index contributed by atoms with van der Waals surface area (Å²) in [6.45, 7) is 3.71. The number of thioether (sulfide) groups is 1. The zero-order chi connectivity index (χ0) is 36.4. The highest BCUT2D eigenvalue weighted by atomic mass is 32.2. The van der Waals surface area contributed by atoms with E-state index in [1.54, 1.807) is 36.4 Å². The summed E-state index contributed by atoms with van der Waals surface area (Å²) in [5.41, 5.74) is 1.08. The molecular formula is C35H46N4O8S3. The molecule has 0 saturated carbocycles. The second-order valence-corrected chi connectivity index (χ2v) is 16.3. The van der Waals surface area contributed by atoms with Gasteiger partial charge in [0.25, 0.3) is 16.0 Å². The number of carbonyl (C=O) groups excluding carboxylic acids is 2. The van der Waals surface area contributed by atoms with E-state index in [-0.39, 0.29) is 17.2 Å². The number of unbranched alkanes of at least 4 members (excludes halogenated alkanes) is 2. The van der Waals surface area contributed by atoms with Crippen LogP contribution in [0.3, 0.4) is 0 Å². The van der Waals surface area contributed by atoms with E-state index < -0.39 is 55.9 Å². The minimum absolute atomic E-state index is 0.0322. The Balaban J connectivity index is 1.66. The van der Waals surface area contributed by atoms with Gasteiger partial charge in [-0.05, 0) is 42.9 Å². The lowest BCUT2D eigenvalue weighted by atomic mass is 9.87. The highest BCUT2D eigenvalue weighted by Gasteiger charge is 2.42. The number of hydrogen-bond acceptors (Lipinski definition) is 9. The van der Waals surface area contributed by atoms with Gasteiger partial charge in [-0.3, -0.25) is 14.1 Å². The van der Waals surface area contributed by atoms with Gasteiger partial charge in [-0.15, -0.1) is 11.8 Å². The van der Waals surface area contributed by atoms with E-state index in [0.717, 1.165) is 31.4 Å². The van der Waals surface area contributed by atoms with Gasteiger partial charge in [0, 0.05) is 24.8 Å². The molecule has 0 fully saturated rings. The van der Waals surface area contributed by atoms with Crippen LogP contribution in [0.1, 0.15) is 64.0 Å². The summed E-state index contributed by atoms with van der Waals surface area (Å²) in [5.74, 6) is -1.86. The summed E-state index contributed by atoms with van der Waals surface area (Å²) in [7, 11) is -8.36. The highest BCUT2D eigenvalue weighted by molar-refractivity contribution is 7.98. The topological polar surface area (TPSA) is 171 Å². The molecule has 2 amide bonds. The van der Waals surface area contributed by atoms with Gasteiger partial charge in [0.15, 0.2) is 6.61 Å². The van der Waals surface area contributed by atoms with Crippen LogP contribution in [0.25, 0.3) is 0 Å². The molecule has 50 heavy (non-hydrogen) atoms. The highest BCUT2D eigenvalue weighted by Crippen LogP contribution is 2.44. The third kappa shape index (κ3) is 10.4. The third-order valence-corrected chi connectivity index (χ3v) is 11.5. The second kappa shape index (κ2) is 17.5. The molecule has 0 aliphatic carbocycles. The molecule has 12 nitrogen and oxygen atoms in total. The van der Waals surface area contributed by atoms with Crippen LogP contribution in [-0.2, 0) is 29.7 Å².